The molecule has 2 heterocycles. The summed E-state index contributed by atoms with van der Waals surface area (Å²) in [6, 6.07) is 4.04. The molecule has 1 aromatic heterocycles. The zero-order valence-electron chi connectivity index (χ0n) is 16.3. The monoisotopic (exact) mass is 393 g/mol. The Kier molecular flexibility index (Phi) is 6.15. The number of benzene rings is 1. The number of ether oxygens (including phenoxy) is 3. The fourth-order valence-electron chi connectivity index (χ4n) is 3.14. The molecule has 1 fully saturated rings. The predicted molar refractivity (Wildman–Crippen MR) is 100 cm³/mol. The number of methoxy groups -OCH3 is 2. The van der Waals surface area contributed by atoms with Crippen LogP contribution < -0.4 is 15.0 Å². The highest BCUT2D eigenvalue weighted by atomic mass is 19.1. The molecule has 152 valence electrons. The van der Waals surface area contributed by atoms with Gasteiger partial charge in [-0.1, -0.05) is 5.16 Å². The molecule has 0 radical (unpaired) electrons. The van der Waals surface area contributed by atoms with Gasteiger partial charge >= 0.3 is 0 Å². The summed E-state index contributed by atoms with van der Waals surface area (Å²) in [5.41, 5.74) is 0.749. The maximum Gasteiger partial charge on any atom is 0.259 e. The van der Waals surface area contributed by atoms with Gasteiger partial charge in [0.05, 0.1) is 19.8 Å². The minimum atomic E-state index is -0.505. The number of hydrogen-bond donors (Lipinski definition) is 1. The van der Waals surface area contributed by atoms with Gasteiger partial charge in [0, 0.05) is 33.4 Å². The van der Waals surface area contributed by atoms with Crippen LogP contribution in [0.2, 0.25) is 0 Å². The van der Waals surface area contributed by atoms with Crippen LogP contribution in [0.25, 0.3) is 11.3 Å². The van der Waals surface area contributed by atoms with E-state index in [9.17, 15) is 9.18 Å². The van der Waals surface area contributed by atoms with Gasteiger partial charge in [0.2, 0.25) is 0 Å². The average Bonchev–Trinajstić information content (AvgIpc) is 3.14. The second-order valence-electron chi connectivity index (χ2n) is 6.67. The van der Waals surface area contributed by atoms with Crippen LogP contribution in [-0.2, 0) is 9.47 Å². The third-order valence-corrected chi connectivity index (χ3v) is 4.66. The van der Waals surface area contributed by atoms with Crippen molar-refractivity contribution in [1.82, 2.24) is 10.5 Å². The standard InChI is InChI=1S/C19H24FN3O5/c1-23(2)18-16(19(24)21-13-7-8-27-10-15(13)26-4)17(28-22-18)11-5-6-12(20)14(9-11)25-3/h5-6,9,13,15H,7-8,10H2,1-4H3,(H,21,24)/t13-,15-/m0/s1. The van der Waals surface area contributed by atoms with Gasteiger partial charge in [-0.15, -0.1) is 0 Å². The van der Waals surface area contributed by atoms with Gasteiger partial charge in [-0.3, -0.25) is 4.79 Å². The molecule has 1 N–H and O–H groups in total. The number of halogens is 1. The number of hydrogen-bond acceptors (Lipinski definition) is 7. The van der Waals surface area contributed by atoms with Crippen LogP contribution in [0.1, 0.15) is 16.8 Å². The van der Waals surface area contributed by atoms with Gasteiger partial charge < -0.3 is 29.0 Å². The summed E-state index contributed by atoms with van der Waals surface area (Å²) in [6.45, 7) is 0.949. The van der Waals surface area contributed by atoms with Gasteiger partial charge in [-0.2, -0.15) is 0 Å². The van der Waals surface area contributed by atoms with Crippen LogP contribution in [-0.4, -0.2) is 64.7 Å². The molecule has 9 heteroatoms. The maximum atomic E-state index is 13.8. The summed E-state index contributed by atoms with van der Waals surface area (Å²) in [5.74, 6) is -0.195. The summed E-state index contributed by atoms with van der Waals surface area (Å²) in [5, 5.41) is 7.01. The Hall–Kier alpha value is -2.65. The molecular formula is C19H24FN3O5. The first-order chi connectivity index (χ1) is 13.5. The molecule has 0 aliphatic carbocycles. The van der Waals surface area contributed by atoms with Gasteiger partial charge in [0.25, 0.3) is 5.91 Å². The lowest BCUT2D eigenvalue weighted by atomic mass is 10.0. The molecule has 1 aliphatic heterocycles. The van der Waals surface area contributed by atoms with E-state index >= 15 is 0 Å². The van der Waals surface area contributed by atoms with E-state index in [0.29, 0.717) is 31.0 Å². The minimum Gasteiger partial charge on any atom is -0.494 e. The summed E-state index contributed by atoms with van der Waals surface area (Å²) in [6.07, 6.45) is 0.390. The number of anilines is 1. The quantitative estimate of drug-likeness (QED) is 0.804. The highest BCUT2D eigenvalue weighted by Gasteiger charge is 2.31. The first-order valence-electron chi connectivity index (χ1n) is 8.88. The normalized spacial score (nSPS) is 19.3. The van der Waals surface area contributed by atoms with Crippen LogP contribution in [0.15, 0.2) is 22.7 Å². The minimum absolute atomic E-state index is 0.0514. The molecule has 1 amide bonds. The summed E-state index contributed by atoms with van der Waals surface area (Å²) in [7, 11) is 6.48. The Labute approximate surface area is 162 Å². The first-order valence-corrected chi connectivity index (χ1v) is 8.88. The molecule has 2 aromatic rings. The third-order valence-electron chi connectivity index (χ3n) is 4.66. The molecule has 28 heavy (non-hydrogen) atoms. The van der Waals surface area contributed by atoms with Crippen LogP contribution in [0.4, 0.5) is 10.2 Å². The van der Waals surface area contributed by atoms with Crippen molar-refractivity contribution >= 4 is 11.7 Å². The topological polar surface area (TPSA) is 86.1 Å². The number of nitrogens with one attached hydrogen (secondary N) is 1. The molecule has 8 nitrogen and oxygen atoms in total. The van der Waals surface area contributed by atoms with Gasteiger partial charge in [-0.25, -0.2) is 4.39 Å². The van der Waals surface area contributed by atoms with Crippen molar-refractivity contribution in [1.29, 1.82) is 0 Å². The Balaban J connectivity index is 1.97. The highest BCUT2D eigenvalue weighted by molar-refractivity contribution is 6.04. The number of amides is 1. The Bertz CT molecular complexity index is 839. The number of carbonyl (C=O) groups excluding carboxylic acids is 1. The van der Waals surface area contributed by atoms with Gasteiger partial charge in [0.15, 0.2) is 23.1 Å². The Morgan fingerprint density at radius 3 is 2.82 bits per heavy atom. The molecular weight excluding hydrogens is 369 g/mol. The van der Waals surface area contributed by atoms with E-state index in [1.54, 1.807) is 26.1 Å². The molecule has 2 atom stereocenters. The van der Waals surface area contributed by atoms with Crippen molar-refractivity contribution < 1.29 is 27.9 Å². The summed E-state index contributed by atoms with van der Waals surface area (Å²) >= 11 is 0. The third kappa shape index (κ3) is 3.95. The van der Waals surface area contributed by atoms with E-state index < -0.39 is 5.82 Å². The van der Waals surface area contributed by atoms with Crippen LogP contribution in [0.5, 0.6) is 5.75 Å². The molecule has 0 unspecified atom stereocenters. The van der Waals surface area contributed by atoms with Gasteiger partial charge in [0.1, 0.15) is 11.7 Å². The first kappa shape index (κ1) is 20.1. The highest BCUT2D eigenvalue weighted by Crippen LogP contribution is 2.33. The number of rotatable bonds is 6. The number of nitrogens with zero attached hydrogens (tertiary/aromatic N) is 2. The van der Waals surface area contributed by atoms with E-state index in [-0.39, 0.29) is 35.1 Å². The number of carbonyl (C=O) groups is 1. The van der Waals surface area contributed by atoms with Gasteiger partial charge in [-0.05, 0) is 24.6 Å². The smallest absolute Gasteiger partial charge is 0.259 e. The average molecular weight is 393 g/mol. The molecule has 0 saturated carbocycles. The second kappa shape index (κ2) is 8.57. The molecule has 0 spiro atoms. The second-order valence-corrected chi connectivity index (χ2v) is 6.67. The Morgan fingerprint density at radius 2 is 2.14 bits per heavy atom. The van der Waals surface area contributed by atoms with Crippen molar-refractivity contribution in [2.45, 2.75) is 18.6 Å². The predicted octanol–water partition coefficient (Wildman–Crippen LogP) is 2.09. The van der Waals surface area contributed by atoms with Crippen molar-refractivity contribution in [3.63, 3.8) is 0 Å². The number of aromatic nitrogens is 1. The SMILES string of the molecule is COc1cc(-c2onc(N(C)C)c2C(=O)N[C@H]2CCOC[C@@H]2OC)ccc1F. The zero-order chi connectivity index (χ0) is 20.3. The fraction of sp³-hybridized carbons (Fsp3) is 0.474. The molecule has 1 aromatic carbocycles. The van der Waals surface area contributed by atoms with Crippen LogP contribution in [0.3, 0.4) is 0 Å². The van der Waals surface area contributed by atoms with E-state index in [1.807, 2.05) is 0 Å². The lowest BCUT2D eigenvalue weighted by Crippen LogP contribution is -2.49. The zero-order valence-corrected chi connectivity index (χ0v) is 16.3. The lowest BCUT2D eigenvalue weighted by Gasteiger charge is -2.31. The van der Waals surface area contributed by atoms with Crippen molar-refractivity contribution in [3.8, 4) is 17.1 Å². The van der Waals surface area contributed by atoms with Crippen molar-refractivity contribution in [2.24, 2.45) is 0 Å². The van der Waals surface area contributed by atoms with E-state index in [4.69, 9.17) is 18.7 Å². The van der Waals surface area contributed by atoms with Crippen molar-refractivity contribution in [3.05, 3.63) is 29.6 Å². The van der Waals surface area contributed by atoms with E-state index in [1.165, 1.54) is 25.3 Å². The molecule has 3 rings (SSSR count). The van der Waals surface area contributed by atoms with E-state index in [2.05, 4.69) is 10.5 Å². The molecule has 1 saturated heterocycles. The van der Waals surface area contributed by atoms with Crippen molar-refractivity contribution in [2.75, 3.05) is 46.4 Å². The molecule has 1 aliphatic rings. The summed E-state index contributed by atoms with van der Waals surface area (Å²) < 4.78 is 35.1. The molecule has 0 bridgehead atoms. The van der Waals surface area contributed by atoms with Crippen LogP contribution in [0, 0.1) is 5.82 Å². The summed E-state index contributed by atoms with van der Waals surface area (Å²) in [4.78, 5) is 14.8. The lowest BCUT2D eigenvalue weighted by molar-refractivity contribution is -0.0479. The maximum absolute atomic E-state index is 13.8. The largest absolute Gasteiger partial charge is 0.494 e. The Morgan fingerprint density at radius 1 is 1.36 bits per heavy atom. The van der Waals surface area contributed by atoms with Crippen LogP contribution >= 0.6 is 0 Å². The fourth-order valence-corrected chi connectivity index (χ4v) is 3.14. The van der Waals surface area contributed by atoms with E-state index in [0.717, 1.165) is 0 Å².